The van der Waals surface area contributed by atoms with Crippen LogP contribution in [0.3, 0.4) is 0 Å². The van der Waals surface area contributed by atoms with Gasteiger partial charge in [-0.2, -0.15) is 13.2 Å². The lowest BCUT2D eigenvalue weighted by Gasteiger charge is -2.33. The van der Waals surface area contributed by atoms with E-state index in [0.717, 1.165) is 29.5 Å². The lowest BCUT2D eigenvalue weighted by atomic mass is 9.73. The highest BCUT2D eigenvalue weighted by molar-refractivity contribution is 7.15. The summed E-state index contributed by atoms with van der Waals surface area (Å²) in [7, 11) is -1.59. The van der Waals surface area contributed by atoms with Crippen LogP contribution in [0, 0.1) is 6.92 Å². The number of thiazole rings is 1. The molecule has 0 fully saturated rings. The summed E-state index contributed by atoms with van der Waals surface area (Å²) in [5, 5.41) is 34.0. The molecule has 1 aliphatic rings. The van der Waals surface area contributed by atoms with Crippen LogP contribution in [-0.4, -0.2) is 37.2 Å². The molecular weight excluding hydrogens is 504 g/mol. The summed E-state index contributed by atoms with van der Waals surface area (Å²) in [5.41, 5.74) is 1.11. The van der Waals surface area contributed by atoms with Crippen molar-refractivity contribution < 1.29 is 28.3 Å². The monoisotopic (exact) mass is 526 g/mol. The molecule has 190 valence electrons. The fraction of sp³-hybridized carbons (Fsp3) is 0.240. The second-order valence-electron chi connectivity index (χ2n) is 9.00. The number of halogens is 3. The number of anilines is 2. The second-order valence-corrected chi connectivity index (χ2v) is 10.0. The predicted octanol–water partition coefficient (Wildman–Crippen LogP) is 3.92. The summed E-state index contributed by atoms with van der Waals surface area (Å²) in [6.45, 7) is 1.84. The Kier molecular flexibility index (Phi) is 6.53. The molecule has 12 heteroatoms. The van der Waals surface area contributed by atoms with Crippen LogP contribution >= 0.6 is 11.3 Å². The van der Waals surface area contributed by atoms with Crippen molar-refractivity contribution in [2.45, 2.75) is 38.0 Å². The van der Waals surface area contributed by atoms with Gasteiger partial charge in [-0.15, -0.1) is 11.3 Å². The van der Waals surface area contributed by atoms with Gasteiger partial charge in [0.25, 0.3) is 0 Å². The van der Waals surface area contributed by atoms with Crippen LogP contribution in [0.5, 0.6) is 0 Å². The van der Waals surface area contributed by atoms with E-state index >= 15 is 0 Å². The molecule has 0 saturated heterocycles. The molecule has 0 spiro atoms. The Morgan fingerprint density at radius 1 is 1.05 bits per heavy atom. The fourth-order valence-electron chi connectivity index (χ4n) is 4.52. The first kappa shape index (κ1) is 25.3. The molecule has 4 aromatic rings. The zero-order valence-electron chi connectivity index (χ0n) is 19.6. The SMILES string of the molecule is Cc1cc(Nc2cc(C(F)(F)F)ccn2)nc(-c2cnc([C@]3(O)CCCc4cc(B(O)O)ccc43)s2)c1. The highest BCUT2D eigenvalue weighted by atomic mass is 32.1. The Labute approximate surface area is 214 Å². The second kappa shape index (κ2) is 9.53. The van der Waals surface area contributed by atoms with Crippen molar-refractivity contribution >= 4 is 35.6 Å². The van der Waals surface area contributed by atoms with Gasteiger partial charge in [0.05, 0.1) is 16.1 Å². The minimum atomic E-state index is -4.49. The molecule has 37 heavy (non-hydrogen) atoms. The van der Waals surface area contributed by atoms with Crippen molar-refractivity contribution in [1.82, 2.24) is 15.0 Å². The van der Waals surface area contributed by atoms with E-state index in [1.165, 1.54) is 11.3 Å². The van der Waals surface area contributed by atoms with Gasteiger partial charge in [-0.1, -0.05) is 18.2 Å². The Morgan fingerprint density at radius 3 is 2.62 bits per heavy atom. The Bertz CT molecular complexity index is 1460. The molecule has 7 nitrogen and oxygen atoms in total. The summed E-state index contributed by atoms with van der Waals surface area (Å²) in [6.07, 6.45) is 0.0827. The number of pyridine rings is 2. The summed E-state index contributed by atoms with van der Waals surface area (Å²) in [4.78, 5) is 13.7. The van der Waals surface area contributed by atoms with Crippen LogP contribution in [0.15, 0.2) is 54.9 Å². The van der Waals surface area contributed by atoms with Crippen molar-refractivity contribution in [1.29, 1.82) is 0 Å². The van der Waals surface area contributed by atoms with Crippen molar-refractivity contribution in [2.75, 3.05) is 5.32 Å². The number of hydrogen-bond acceptors (Lipinski definition) is 8. The number of aliphatic hydroxyl groups is 1. The van der Waals surface area contributed by atoms with E-state index in [-0.39, 0.29) is 5.82 Å². The van der Waals surface area contributed by atoms with Crippen molar-refractivity contribution in [2.24, 2.45) is 0 Å². The highest BCUT2D eigenvalue weighted by Gasteiger charge is 2.39. The third-order valence-electron chi connectivity index (χ3n) is 6.28. The largest absolute Gasteiger partial charge is 0.488 e. The molecule has 1 aliphatic carbocycles. The Hall–Kier alpha value is -3.32. The Morgan fingerprint density at radius 2 is 1.86 bits per heavy atom. The standard InChI is InChI=1S/C25H22BF3N4O3S/c1-14-9-19(32-22(10-14)33-21-12-16(6-8-30-21)25(27,28)29)20-13-31-23(37-20)24(34)7-2-3-15-11-17(26(35)36)4-5-18(15)24/h4-6,8-13,34-36H,2-3,7H2,1H3,(H,30,32,33)/t24-/m0/s1. The molecule has 0 saturated carbocycles. The van der Waals surface area contributed by atoms with E-state index in [1.54, 1.807) is 30.5 Å². The number of nitrogens with zero attached hydrogens (tertiary/aromatic N) is 3. The first-order valence-electron chi connectivity index (χ1n) is 11.5. The maximum atomic E-state index is 13.1. The first-order chi connectivity index (χ1) is 17.5. The van der Waals surface area contributed by atoms with E-state index in [1.807, 2.05) is 13.0 Å². The smallest absolute Gasteiger partial charge is 0.423 e. The average molecular weight is 526 g/mol. The zero-order valence-corrected chi connectivity index (χ0v) is 20.4. The van der Waals surface area contributed by atoms with Crippen LogP contribution in [0.4, 0.5) is 24.8 Å². The zero-order chi connectivity index (χ0) is 26.4. The van der Waals surface area contributed by atoms with Crippen molar-refractivity contribution in [3.63, 3.8) is 0 Å². The number of rotatable bonds is 5. The normalized spacial score (nSPS) is 17.4. The number of aromatic nitrogens is 3. The molecule has 4 N–H and O–H groups in total. The Balaban J connectivity index is 1.45. The van der Waals surface area contributed by atoms with E-state index in [2.05, 4.69) is 20.3 Å². The molecule has 0 amide bonds. The predicted molar refractivity (Wildman–Crippen MR) is 135 cm³/mol. The van der Waals surface area contributed by atoms with Crippen LogP contribution in [0.2, 0.25) is 0 Å². The van der Waals surface area contributed by atoms with Crippen LogP contribution in [-0.2, 0) is 18.2 Å². The molecule has 1 aromatic carbocycles. The van der Waals surface area contributed by atoms with Gasteiger partial charge in [-0.25, -0.2) is 15.0 Å². The first-order valence-corrected chi connectivity index (χ1v) is 12.3. The summed E-state index contributed by atoms with van der Waals surface area (Å²) < 4.78 is 39.2. The molecule has 3 heterocycles. The highest BCUT2D eigenvalue weighted by Crippen LogP contribution is 2.43. The maximum Gasteiger partial charge on any atom is 0.488 e. The van der Waals surface area contributed by atoms with Gasteiger partial charge in [0.1, 0.15) is 22.2 Å². The number of benzene rings is 1. The van der Waals surface area contributed by atoms with Gasteiger partial charge in [0.15, 0.2) is 0 Å². The minimum Gasteiger partial charge on any atom is -0.423 e. The molecule has 0 bridgehead atoms. The molecular formula is C25H22BF3N4O3S. The van der Waals surface area contributed by atoms with Gasteiger partial charge < -0.3 is 20.5 Å². The average Bonchev–Trinajstić information content (AvgIpc) is 3.35. The molecule has 5 rings (SSSR count). The van der Waals surface area contributed by atoms with Crippen LogP contribution in [0.1, 0.15) is 40.1 Å². The van der Waals surface area contributed by atoms with E-state index in [4.69, 9.17) is 0 Å². The third-order valence-corrected chi connectivity index (χ3v) is 7.45. The van der Waals surface area contributed by atoms with Gasteiger partial charge >= 0.3 is 13.3 Å². The molecule has 0 unspecified atom stereocenters. The van der Waals surface area contributed by atoms with E-state index in [9.17, 15) is 28.3 Å². The quantitative estimate of drug-likeness (QED) is 0.292. The van der Waals surface area contributed by atoms with Crippen LogP contribution < -0.4 is 10.8 Å². The van der Waals surface area contributed by atoms with Crippen molar-refractivity contribution in [3.05, 3.63) is 82.1 Å². The van der Waals surface area contributed by atoms with Crippen molar-refractivity contribution in [3.8, 4) is 10.6 Å². The lowest BCUT2D eigenvalue weighted by Crippen LogP contribution is -2.35. The summed E-state index contributed by atoms with van der Waals surface area (Å²) >= 11 is 1.28. The number of aryl methyl sites for hydroxylation is 2. The molecule has 0 radical (unpaired) electrons. The number of nitrogens with one attached hydrogen (secondary N) is 1. The summed E-state index contributed by atoms with van der Waals surface area (Å²) in [5.74, 6) is 0.345. The third kappa shape index (κ3) is 5.10. The number of fused-ring (bicyclic) bond motifs is 1. The lowest BCUT2D eigenvalue weighted by molar-refractivity contribution is -0.137. The van der Waals surface area contributed by atoms with Gasteiger partial charge in [0, 0.05) is 12.4 Å². The van der Waals surface area contributed by atoms with E-state index in [0.29, 0.717) is 51.7 Å². The molecule has 1 atom stereocenters. The fourth-order valence-corrected chi connectivity index (χ4v) is 5.53. The molecule has 0 aliphatic heterocycles. The van der Waals surface area contributed by atoms with Gasteiger partial charge in [-0.3, -0.25) is 0 Å². The number of alkyl halides is 3. The maximum absolute atomic E-state index is 13.1. The topological polar surface area (TPSA) is 111 Å². The summed E-state index contributed by atoms with van der Waals surface area (Å²) in [6, 6.07) is 10.3. The van der Waals surface area contributed by atoms with Gasteiger partial charge in [0.2, 0.25) is 0 Å². The van der Waals surface area contributed by atoms with Gasteiger partial charge in [-0.05, 0) is 72.6 Å². The minimum absolute atomic E-state index is 0.0179. The number of hydrogen-bond donors (Lipinski definition) is 4. The van der Waals surface area contributed by atoms with E-state index < -0.39 is 24.5 Å². The molecule has 3 aromatic heterocycles. The van der Waals surface area contributed by atoms with Crippen LogP contribution in [0.25, 0.3) is 10.6 Å².